The van der Waals surface area contributed by atoms with E-state index in [2.05, 4.69) is 15.6 Å². The van der Waals surface area contributed by atoms with Crippen molar-refractivity contribution in [2.45, 2.75) is 25.2 Å². The van der Waals surface area contributed by atoms with E-state index in [1.165, 1.54) is 12.1 Å². The highest BCUT2D eigenvalue weighted by Gasteiger charge is 2.17. The predicted molar refractivity (Wildman–Crippen MR) is 169 cm³/mol. The van der Waals surface area contributed by atoms with E-state index in [-0.39, 0.29) is 24.5 Å². The van der Waals surface area contributed by atoms with Crippen LogP contribution in [0.15, 0.2) is 102 Å². The summed E-state index contributed by atoms with van der Waals surface area (Å²) in [7, 11) is 0. The molecule has 1 unspecified atom stereocenters. The summed E-state index contributed by atoms with van der Waals surface area (Å²) < 4.78 is 6.02. The lowest BCUT2D eigenvalue weighted by atomic mass is 9.98. The molecule has 1 heterocycles. The molecule has 0 aliphatic carbocycles. The fraction of sp³-hybridized carbons (Fsp3) is 0.176. The van der Waals surface area contributed by atoms with Gasteiger partial charge in [0.15, 0.2) is 0 Å². The van der Waals surface area contributed by atoms with Crippen LogP contribution in [0.1, 0.15) is 40.0 Å². The Bertz CT molecular complexity index is 1810. The Hall–Kier alpha value is -4.83. The number of aromatic nitrogens is 1. The van der Waals surface area contributed by atoms with Crippen molar-refractivity contribution in [2.75, 3.05) is 13.1 Å². The van der Waals surface area contributed by atoms with E-state index in [0.717, 1.165) is 22.3 Å². The number of phenols is 1. The third-order valence-corrected chi connectivity index (χ3v) is 7.64. The summed E-state index contributed by atoms with van der Waals surface area (Å²) >= 11 is 6.58. The van der Waals surface area contributed by atoms with Gasteiger partial charge in [-0.2, -0.15) is 0 Å². The lowest BCUT2D eigenvalue weighted by molar-refractivity contribution is 0.176. The highest BCUT2D eigenvalue weighted by atomic mass is 35.5. The van der Waals surface area contributed by atoms with E-state index in [9.17, 15) is 24.9 Å². The molecular formula is C34H32ClN3O6. The van der Waals surface area contributed by atoms with Crippen molar-refractivity contribution in [3.8, 4) is 11.5 Å². The number of amides is 1. The molecule has 1 aromatic heterocycles. The van der Waals surface area contributed by atoms with Gasteiger partial charge < -0.3 is 35.7 Å². The van der Waals surface area contributed by atoms with Gasteiger partial charge in [0.2, 0.25) is 5.56 Å². The third-order valence-electron chi connectivity index (χ3n) is 7.29. The molecule has 0 saturated heterocycles. The zero-order chi connectivity index (χ0) is 31.1. The standard InChI is InChI=1S/C34H32ClN3O6/c35-28-17-21(20-44-25-8-4-7-24(18-25)32(38-34(42)43)23-5-2-1-3-6-23)9-10-22(28)15-16-36-19-30(40)26-11-13-29(39)33-27(26)12-14-31(41)37-33/h1-14,17-18,30,32,36,38-40H,15-16,19-20H2,(H,37,41)(H,42,43)/t30?,32-/m0/s1. The van der Waals surface area contributed by atoms with Crippen LogP contribution in [0.3, 0.4) is 0 Å². The van der Waals surface area contributed by atoms with Gasteiger partial charge in [-0.05, 0) is 71.1 Å². The van der Waals surface area contributed by atoms with Crippen LogP contribution in [0.5, 0.6) is 11.5 Å². The van der Waals surface area contributed by atoms with Crippen LogP contribution in [0.4, 0.5) is 4.79 Å². The fourth-order valence-corrected chi connectivity index (χ4v) is 5.38. The molecule has 0 aliphatic rings. The van der Waals surface area contributed by atoms with Gasteiger partial charge >= 0.3 is 6.09 Å². The largest absolute Gasteiger partial charge is 0.506 e. The molecule has 226 valence electrons. The van der Waals surface area contributed by atoms with Crippen molar-refractivity contribution in [1.82, 2.24) is 15.6 Å². The summed E-state index contributed by atoms with van der Waals surface area (Å²) in [6.07, 6.45) is -1.33. The van der Waals surface area contributed by atoms with Crippen molar-refractivity contribution in [3.63, 3.8) is 0 Å². The lowest BCUT2D eigenvalue weighted by Crippen LogP contribution is -2.27. The molecule has 0 saturated carbocycles. The van der Waals surface area contributed by atoms with E-state index < -0.39 is 18.2 Å². The highest BCUT2D eigenvalue weighted by Crippen LogP contribution is 2.29. The molecule has 0 radical (unpaired) electrons. The summed E-state index contributed by atoms with van der Waals surface area (Å²) in [6, 6.07) is 27.9. The molecule has 5 rings (SSSR count). The Morgan fingerprint density at radius 2 is 1.73 bits per heavy atom. The minimum absolute atomic E-state index is 0.0525. The lowest BCUT2D eigenvalue weighted by Gasteiger charge is -2.19. The van der Waals surface area contributed by atoms with Gasteiger partial charge in [-0.1, -0.05) is 72.3 Å². The summed E-state index contributed by atoms with van der Waals surface area (Å²) in [5, 5.41) is 37.2. The number of fused-ring (bicyclic) bond motifs is 1. The summed E-state index contributed by atoms with van der Waals surface area (Å²) in [5.74, 6) is 0.551. The molecule has 2 atom stereocenters. The first-order valence-corrected chi connectivity index (χ1v) is 14.4. The molecular weight excluding hydrogens is 582 g/mol. The van der Waals surface area contributed by atoms with Gasteiger partial charge in [0.05, 0.1) is 17.7 Å². The fourth-order valence-electron chi connectivity index (χ4n) is 5.08. The van der Waals surface area contributed by atoms with Crippen molar-refractivity contribution in [3.05, 3.63) is 140 Å². The molecule has 9 nitrogen and oxygen atoms in total. The normalized spacial score (nSPS) is 12.5. The number of hydrogen-bond acceptors (Lipinski definition) is 6. The molecule has 6 N–H and O–H groups in total. The molecule has 0 fully saturated rings. The topological polar surface area (TPSA) is 144 Å². The highest BCUT2D eigenvalue weighted by molar-refractivity contribution is 6.31. The number of aliphatic hydroxyl groups is 1. The number of carbonyl (C=O) groups is 1. The number of hydrogen-bond donors (Lipinski definition) is 6. The van der Waals surface area contributed by atoms with Crippen molar-refractivity contribution in [1.29, 1.82) is 0 Å². The van der Waals surface area contributed by atoms with E-state index in [1.54, 1.807) is 12.1 Å². The number of halogens is 1. The van der Waals surface area contributed by atoms with Gasteiger partial charge in [-0.15, -0.1) is 0 Å². The number of ether oxygens (including phenoxy) is 1. The molecule has 5 aromatic rings. The number of aliphatic hydroxyl groups excluding tert-OH is 1. The number of phenolic OH excluding ortho intramolecular Hbond substituents is 1. The monoisotopic (exact) mass is 613 g/mol. The van der Waals surface area contributed by atoms with Crippen LogP contribution < -0.4 is 20.9 Å². The number of pyridine rings is 1. The maximum Gasteiger partial charge on any atom is 0.405 e. The third kappa shape index (κ3) is 7.57. The second kappa shape index (κ2) is 14.1. The van der Waals surface area contributed by atoms with Gasteiger partial charge in [-0.3, -0.25) is 4.79 Å². The van der Waals surface area contributed by atoms with Crippen LogP contribution in [0.25, 0.3) is 10.9 Å². The van der Waals surface area contributed by atoms with Crippen LogP contribution in [0.2, 0.25) is 5.02 Å². The van der Waals surface area contributed by atoms with E-state index in [1.807, 2.05) is 72.8 Å². The molecule has 0 aliphatic heterocycles. The number of nitrogens with one attached hydrogen (secondary N) is 3. The Balaban J connectivity index is 1.15. The van der Waals surface area contributed by atoms with Crippen LogP contribution in [-0.4, -0.2) is 39.5 Å². The summed E-state index contributed by atoms with van der Waals surface area (Å²) in [5.41, 5.74) is 3.97. The minimum atomic E-state index is -1.11. The maximum atomic E-state index is 11.6. The SMILES string of the molecule is O=C(O)N[C@@H](c1ccccc1)c1cccc(OCc2ccc(CCNCC(O)c3ccc(O)c4[nH]c(=O)ccc34)c(Cl)c2)c1. The number of benzene rings is 4. The van der Waals surface area contributed by atoms with Crippen molar-refractivity contribution in [2.24, 2.45) is 0 Å². The first-order chi connectivity index (χ1) is 21.3. The molecule has 4 aromatic carbocycles. The van der Waals surface area contributed by atoms with Crippen LogP contribution in [-0.2, 0) is 13.0 Å². The summed E-state index contributed by atoms with van der Waals surface area (Å²) in [4.78, 5) is 25.7. The zero-order valence-corrected chi connectivity index (χ0v) is 24.4. The maximum absolute atomic E-state index is 11.6. The number of carboxylic acid groups (broad SMARTS) is 1. The van der Waals surface area contributed by atoms with Gasteiger partial charge in [0, 0.05) is 23.0 Å². The first kappa shape index (κ1) is 30.6. The molecule has 0 bridgehead atoms. The Labute approximate surface area is 258 Å². The predicted octanol–water partition coefficient (Wildman–Crippen LogP) is 5.69. The van der Waals surface area contributed by atoms with Crippen LogP contribution in [0, 0.1) is 0 Å². The average molecular weight is 614 g/mol. The van der Waals surface area contributed by atoms with E-state index >= 15 is 0 Å². The molecule has 0 spiro atoms. The quantitative estimate of drug-likeness (QED) is 0.0992. The second-order valence-corrected chi connectivity index (χ2v) is 10.7. The van der Waals surface area contributed by atoms with E-state index in [4.69, 9.17) is 16.3 Å². The summed E-state index contributed by atoms with van der Waals surface area (Å²) in [6.45, 7) is 1.12. The number of rotatable bonds is 12. The number of aromatic amines is 1. The molecule has 10 heteroatoms. The Morgan fingerprint density at radius 3 is 2.50 bits per heavy atom. The molecule has 44 heavy (non-hydrogen) atoms. The average Bonchev–Trinajstić information content (AvgIpc) is 3.02. The van der Waals surface area contributed by atoms with Crippen molar-refractivity contribution >= 4 is 28.6 Å². The molecule has 1 amide bonds. The van der Waals surface area contributed by atoms with E-state index in [0.29, 0.717) is 40.2 Å². The van der Waals surface area contributed by atoms with Gasteiger partial charge in [0.25, 0.3) is 0 Å². The Kier molecular flexibility index (Phi) is 9.81. The number of aromatic hydroxyl groups is 1. The van der Waals surface area contributed by atoms with Crippen LogP contribution >= 0.6 is 11.6 Å². The van der Waals surface area contributed by atoms with Gasteiger partial charge in [0.1, 0.15) is 18.1 Å². The zero-order valence-electron chi connectivity index (χ0n) is 23.7. The van der Waals surface area contributed by atoms with Gasteiger partial charge in [-0.25, -0.2) is 4.79 Å². The number of H-pyrrole nitrogens is 1. The van der Waals surface area contributed by atoms with Crippen molar-refractivity contribution < 1.29 is 24.9 Å². The minimum Gasteiger partial charge on any atom is -0.506 e. The Morgan fingerprint density at radius 1 is 0.932 bits per heavy atom. The first-order valence-electron chi connectivity index (χ1n) is 14.1. The second-order valence-electron chi connectivity index (χ2n) is 10.3. The smallest absolute Gasteiger partial charge is 0.405 e.